The summed E-state index contributed by atoms with van der Waals surface area (Å²) in [5, 5.41) is 10.4. The summed E-state index contributed by atoms with van der Waals surface area (Å²) in [6, 6.07) is 21.0. The number of hydrogen-bond acceptors (Lipinski definition) is 5. The van der Waals surface area contributed by atoms with Gasteiger partial charge in [-0.2, -0.15) is 0 Å². The molecule has 3 N–H and O–H groups in total. The van der Waals surface area contributed by atoms with E-state index in [4.69, 9.17) is 4.52 Å². The van der Waals surface area contributed by atoms with Crippen LogP contribution in [0.2, 0.25) is 0 Å². The Balaban J connectivity index is 1.22. The SMILES string of the molecule is O=C(Nc1ccc2c(c1)N(Cc1ccccc1)C(=O)CS2)Nc1c[nH]c2ccc(-c3cnoc3)cc12. The molecule has 3 heterocycles. The number of H-pyrrole nitrogens is 1. The lowest BCUT2D eigenvalue weighted by Gasteiger charge is -2.29. The first kappa shape index (κ1) is 22.0. The lowest BCUT2D eigenvalue weighted by molar-refractivity contribution is -0.116. The lowest BCUT2D eigenvalue weighted by Crippen LogP contribution is -2.34. The molecule has 0 unspecified atom stereocenters. The zero-order valence-electron chi connectivity index (χ0n) is 19.0. The van der Waals surface area contributed by atoms with E-state index in [1.807, 2.05) is 66.7 Å². The molecule has 5 aromatic rings. The summed E-state index contributed by atoms with van der Waals surface area (Å²) in [5.41, 5.74) is 5.77. The standard InChI is InChI=1S/C27H21N5O3S/c33-26-16-36-25-9-7-20(11-24(25)32(26)14-17-4-2-1-3-5-17)30-27(34)31-23-13-28-22-8-6-18(10-21(22)23)19-12-29-35-15-19/h1-13,15,28H,14,16H2,(H2,30,31,34). The number of carbonyl (C=O) groups is 2. The number of aromatic nitrogens is 2. The molecule has 0 spiro atoms. The van der Waals surface area contributed by atoms with Gasteiger partial charge >= 0.3 is 6.03 Å². The summed E-state index contributed by atoms with van der Waals surface area (Å²) in [7, 11) is 0. The zero-order valence-corrected chi connectivity index (χ0v) is 19.8. The average Bonchev–Trinajstić information content (AvgIpc) is 3.57. The third-order valence-corrected chi connectivity index (χ3v) is 7.09. The summed E-state index contributed by atoms with van der Waals surface area (Å²) < 4.78 is 4.95. The molecule has 1 aliphatic heterocycles. The van der Waals surface area contributed by atoms with E-state index in [2.05, 4.69) is 20.8 Å². The van der Waals surface area contributed by atoms with E-state index in [0.29, 0.717) is 23.7 Å². The second kappa shape index (κ2) is 9.27. The van der Waals surface area contributed by atoms with Crippen molar-refractivity contribution in [3.8, 4) is 11.1 Å². The molecule has 3 aromatic carbocycles. The molecule has 178 valence electrons. The van der Waals surface area contributed by atoms with Gasteiger partial charge in [0, 0.05) is 33.2 Å². The van der Waals surface area contributed by atoms with Crippen LogP contribution in [0.1, 0.15) is 5.56 Å². The van der Waals surface area contributed by atoms with Crippen molar-refractivity contribution in [3.05, 3.63) is 91.0 Å². The van der Waals surface area contributed by atoms with Crippen LogP contribution in [-0.4, -0.2) is 27.8 Å². The first-order chi connectivity index (χ1) is 17.6. The van der Waals surface area contributed by atoms with E-state index in [1.165, 1.54) is 11.8 Å². The van der Waals surface area contributed by atoms with Crippen LogP contribution in [0.5, 0.6) is 0 Å². The molecule has 0 saturated carbocycles. The molecule has 9 heteroatoms. The van der Waals surface area contributed by atoms with Gasteiger partial charge in [-0.1, -0.05) is 41.6 Å². The number of carbonyl (C=O) groups excluding carboxylic acids is 2. The molecular formula is C27H21N5O3S. The maximum Gasteiger partial charge on any atom is 0.323 e. The minimum atomic E-state index is -0.379. The molecular weight excluding hydrogens is 474 g/mol. The fraction of sp³-hybridized carbons (Fsp3) is 0.0741. The maximum absolute atomic E-state index is 12.9. The van der Waals surface area contributed by atoms with Crippen molar-refractivity contribution >= 4 is 51.7 Å². The third-order valence-electron chi connectivity index (χ3n) is 6.04. The predicted molar refractivity (Wildman–Crippen MR) is 141 cm³/mol. The van der Waals surface area contributed by atoms with Gasteiger partial charge in [0.05, 0.1) is 29.9 Å². The van der Waals surface area contributed by atoms with Crippen LogP contribution in [0.4, 0.5) is 21.9 Å². The number of benzene rings is 3. The minimum Gasteiger partial charge on any atom is -0.364 e. The molecule has 0 fully saturated rings. The maximum atomic E-state index is 12.9. The molecule has 3 amide bonds. The zero-order chi connectivity index (χ0) is 24.5. The Morgan fingerprint density at radius 3 is 2.78 bits per heavy atom. The van der Waals surface area contributed by atoms with E-state index in [9.17, 15) is 9.59 Å². The molecule has 2 aromatic heterocycles. The summed E-state index contributed by atoms with van der Waals surface area (Å²) in [5.74, 6) is 0.435. The van der Waals surface area contributed by atoms with Gasteiger partial charge in [0.1, 0.15) is 6.26 Å². The van der Waals surface area contributed by atoms with Crippen molar-refractivity contribution in [3.63, 3.8) is 0 Å². The van der Waals surface area contributed by atoms with Crippen molar-refractivity contribution < 1.29 is 14.1 Å². The van der Waals surface area contributed by atoms with Gasteiger partial charge in [-0.3, -0.25) is 4.79 Å². The number of thioether (sulfide) groups is 1. The number of urea groups is 1. The molecule has 0 atom stereocenters. The van der Waals surface area contributed by atoms with E-state index in [-0.39, 0.29) is 11.9 Å². The Hall–Kier alpha value is -4.50. The van der Waals surface area contributed by atoms with Crippen LogP contribution in [0.25, 0.3) is 22.0 Å². The highest BCUT2D eigenvalue weighted by molar-refractivity contribution is 8.00. The number of hydrogen-bond donors (Lipinski definition) is 3. The second-order valence-corrected chi connectivity index (χ2v) is 9.41. The van der Waals surface area contributed by atoms with Gasteiger partial charge in [0.25, 0.3) is 0 Å². The highest BCUT2D eigenvalue weighted by Gasteiger charge is 2.25. The van der Waals surface area contributed by atoms with Crippen molar-refractivity contribution in [2.24, 2.45) is 0 Å². The summed E-state index contributed by atoms with van der Waals surface area (Å²) in [6.07, 6.45) is 4.98. The van der Waals surface area contributed by atoms with Crippen LogP contribution in [0.3, 0.4) is 0 Å². The van der Waals surface area contributed by atoms with Gasteiger partial charge in [-0.25, -0.2) is 4.79 Å². The first-order valence-corrected chi connectivity index (χ1v) is 12.3. The monoisotopic (exact) mass is 495 g/mol. The minimum absolute atomic E-state index is 0.0420. The molecule has 8 nitrogen and oxygen atoms in total. The second-order valence-electron chi connectivity index (χ2n) is 8.39. The molecule has 0 saturated heterocycles. The summed E-state index contributed by atoms with van der Waals surface area (Å²) in [4.78, 5) is 31.6. The molecule has 0 bridgehead atoms. The van der Waals surface area contributed by atoms with Crippen LogP contribution < -0.4 is 15.5 Å². The summed E-state index contributed by atoms with van der Waals surface area (Å²) in [6.45, 7) is 0.479. The average molecular weight is 496 g/mol. The normalized spacial score (nSPS) is 13.0. The van der Waals surface area contributed by atoms with Gasteiger partial charge in [-0.05, 0) is 41.5 Å². The third kappa shape index (κ3) is 4.32. The van der Waals surface area contributed by atoms with Gasteiger partial charge in [-0.15, -0.1) is 11.8 Å². The van der Waals surface area contributed by atoms with Crippen LogP contribution >= 0.6 is 11.8 Å². The Kier molecular flexibility index (Phi) is 5.67. The van der Waals surface area contributed by atoms with Crippen molar-refractivity contribution in [2.45, 2.75) is 11.4 Å². The first-order valence-electron chi connectivity index (χ1n) is 11.3. The molecule has 0 radical (unpaired) electrons. The molecule has 0 aliphatic carbocycles. The summed E-state index contributed by atoms with van der Waals surface area (Å²) >= 11 is 1.51. The number of aromatic amines is 1. The lowest BCUT2D eigenvalue weighted by atomic mass is 10.1. The number of nitrogens with zero attached hydrogens (tertiary/aromatic N) is 2. The van der Waals surface area contributed by atoms with Gasteiger partial charge in [0.2, 0.25) is 5.91 Å². The van der Waals surface area contributed by atoms with Gasteiger partial charge < -0.3 is 25.0 Å². The number of nitrogens with one attached hydrogen (secondary N) is 3. The van der Waals surface area contributed by atoms with Crippen LogP contribution in [-0.2, 0) is 11.3 Å². The highest BCUT2D eigenvalue weighted by Crippen LogP contribution is 2.38. The quantitative estimate of drug-likeness (QED) is 0.273. The smallest absolute Gasteiger partial charge is 0.323 e. The molecule has 36 heavy (non-hydrogen) atoms. The largest absolute Gasteiger partial charge is 0.364 e. The Morgan fingerprint density at radius 1 is 1.06 bits per heavy atom. The van der Waals surface area contributed by atoms with Crippen molar-refractivity contribution in [2.75, 3.05) is 21.3 Å². The molecule has 1 aliphatic rings. The van der Waals surface area contributed by atoms with Gasteiger partial charge in [0.15, 0.2) is 0 Å². The number of rotatable bonds is 5. The van der Waals surface area contributed by atoms with Crippen molar-refractivity contribution in [1.82, 2.24) is 10.1 Å². The number of fused-ring (bicyclic) bond motifs is 2. The Bertz CT molecular complexity index is 1560. The van der Waals surface area contributed by atoms with E-state index < -0.39 is 0 Å². The fourth-order valence-electron chi connectivity index (χ4n) is 4.25. The van der Waals surface area contributed by atoms with Crippen molar-refractivity contribution in [1.29, 1.82) is 0 Å². The Labute approximate surface area is 210 Å². The number of amides is 3. The highest BCUT2D eigenvalue weighted by atomic mass is 32.2. The topological polar surface area (TPSA) is 103 Å². The van der Waals surface area contributed by atoms with Crippen LogP contribution in [0, 0.1) is 0 Å². The number of anilines is 3. The van der Waals surface area contributed by atoms with E-state index in [1.54, 1.807) is 23.6 Å². The van der Waals surface area contributed by atoms with E-state index in [0.717, 1.165) is 38.2 Å². The van der Waals surface area contributed by atoms with Crippen LogP contribution in [0.15, 0.2) is 94.8 Å². The molecule has 6 rings (SSSR count). The predicted octanol–water partition coefficient (Wildman–Crippen LogP) is 6.11. The fourth-order valence-corrected chi connectivity index (χ4v) is 5.17. The Morgan fingerprint density at radius 2 is 1.94 bits per heavy atom. The van der Waals surface area contributed by atoms with E-state index >= 15 is 0 Å².